The third-order valence-electron chi connectivity index (χ3n) is 1.95. The number of nitrogens with one attached hydrogen (secondary N) is 2. The first-order valence-electron chi connectivity index (χ1n) is 5.61. The number of rotatable bonds is 9. The van der Waals surface area contributed by atoms with Crippen molar-refractivity contribution in [2.24, 2.45) is 0 Å². The third kappa shape index (κ3) is 8.28. The number of carbonyl (C=O) groups is 3. The van der Waals surface area contributed by atoms with E-state index < -0.39 is 29.8 Å². The Morgan fingerprint density at radius 1 is 1.11 bits per heavy atom. The van der Waals surface area contributed by atoms with E-state index in [9.17, 15) is 14.4 Å². The Bertz CT molecular complexity index is 338. The maximum atomic E-state index is 11.3. The largest absolute Gasteiger partial charge is 0.481 e. The second-order valence-corrected chi connectivity index (χ2v) is 3.59. The normalized spacial score (nSPS) is 11.1. The number of aliphatic carboxylic acids is 2. The van der Waals surface area contributed by atoms with Gasteiger partial charge in [-0.2, -0.15) is 0 Å². The summed E-state index contributed by atoms with van der Waals surface area (Å²) in [5.74, 6) is -3.30. The van der Waals surface area contributed by atoms with Gasteiger partial charge in [0, 0.05) is 19.2 Å². The lowest BCUT2D eigenvalue weighted by Gasteiger charge is -2.04. The molecule has 0 saturated heterocycles. The average Bonchev–Trinajstić information content (AvgIpc) is 2.27. The Morgan fingerprint density at radius 2 is 1.78 bits per heavy atom. The van der Waals surface area contributed by atoms with E-state index in [0.717, 1.165) is 19.0 Å². The van der Waals surface area contributed by atoms with Crippen LogP contribution in [0.15, 0.2) is 11.6 Å². The molecule has 0 fully saturated rings. The summed E-state index contributed by atoms with van der Waals surface area (Å²) >= 11 is 0. The molecule has 0 aliphatic rings. The minimum absolute atomic E-state index is 0.356. The molecule has 102 valence electrons. The van der Waals surface area contributed by atoms with Gasteiger partial charge < -0.3 is 20.8 Å². The number of hydrogen-bond donors (Lipinski definition) is 4. The molecule has 0 aromatic heterocycles. The van der Waals surface area contributed by atoms with Gasteiger partial charge in [0.05, 0.1) is 12.0 Å². The zero-order valence-corrected chi connectivity index (χ0v) is 10.2. The van der Waals surface area contributed by atoms with Crippen molar-refractivity contribution in [2.45, 2.75) is 19.8 Å². The van der Waals surface area contributed by atoms with Gasteiger partial charge in [0.15, 0.2) is 0 Å². The Labute approximate surface area is 105 Å². The second kappa shape index (κ2) is 9.17. The average molecular weight is 258 g/mol. The van der Waals surface area contributed by atoms with Gasteiger partial charge in [-0.1, -0.05) is 6.92 Å². The molecule has 0 heterocycles. The van der Waals surface area contributed by atoms with Crippen molar-refractivity contribution in [3.8, 4) is 0 Å². The first-order chi connectivity index (χ1) is 8.47. The van der Waals surface area contributed by atoms with E-state index in [4.69, 9.17) is 10.2 Å². The van der Waals surface area contributed by atoms with Crippen molar-refractivity contribution >= 4 is 17.8 Å². The monoisotopic (exact) mass is 258 g/mol. The van der Waals surface area contributed by atoms with Gasteiger partial charge in [0.2, 0.25) is 5.91 Å². The SMILES string of the molecule is CCCNCCNC(=O)/C=C(/CC(=O)O)C(=O)O. The topological polar surface area (TPSA) is 116 Å². The van der Waals surface area contributed by atoms with E-state index in [1.54, 1.807) is 0 Å². The predicted octanol–water partition coefficient (Wildman–Crippen LogP) is -0.412. The fourth-order valence-electron chi connectivity index (χ4n) is 1.14. The van der Waals surface area contributed by atoms with E-state index >= 15 is 0 Å². The molecule has 0 saturated carbocycles. The summed E-state index contributed by atoms with van der Waals surface area (Å²) in [5, 5.41) is 22.7. The van der Waals surface area contributed by atoms with Gasteiger partial charge in [-0.15, -0.1) is 0 Å². The van der Waals surface area contributed by atoms with Crippen molar-refractivity contribution in [2.75, 3.05) is 19.6 Å². The van der Waals surface area contributed by atoms with Gasteiger partial charge >= 0.3 is 11.9 Å². The zero-order chi connectivity index (χ0) is 14.0. The molecule has 7 heteroatoms. The van der Waals surface area contributed by atoms with Crippen LogP contribution in [0.1, 0.15) is 19.8 Å². The summed E-state index contributed by atoms with van der Waals surface area (Å²) in [6, 6.07) is 0. The standard InChI is InChI=1S/C11H18N2O5/c1-2-3-12-4-5-13-9(14)6-8(11(17)18)7-10(15)16/h6,12H,2-5,7H2,1H3,(H,13,14)(H,15,16)(H,17,18)/b8-6-. The number of hydrogen-bond acceptors (Lipinski definition) is 4. The Hall–Kier alpha value is -1.89. The van der Waals surface area contributed by atoms with Crippen molar-refractivity contribution < 1.29 is 24.6 Å². The molecule has 18 heavy (non-hydrogen) atoms. The maximum absolute atomic E-state index is 11.3. The van der Waals surface area contributed by atoms with Crippen LogP contribution >= 0.6 is 0 Å². The molecule has 4 N–H and O–H groups in total. The Morgan fingerprint density at radius 3 is 2.28 bits per heavy atom. The summed E-state index contributed by atoms with van der Waals surface area (Å²) in [6.07, 6.45) is 1.10. The van der Waals surface area contributed by atoms with Gasteiger partial charge in [-0.3, -0.25) is 9.59 Å². The predicted molar refractivity (Wildman–Crippen MR) is 64.1 cm³/mol. The first kappa shape index (κ1) is 16.1. The number of amides is 1. The molecule has 0 spiro atoms. The molecular formula is C11H18N2O5. The molecule has 0 atom stereocenters. The van der Waals surface area contributed by atoms with Gasteiger partial charge in [0.1, 0.15) is 0 Å². The van der Waals surface area contributed by atoms with Crippen LogP contribution in [0.2, 0.25) is 0 Å². The smallest absolute Gasteiger partial charge is 0.332 e. The molecule has 0 bridgehead atoms. The molecule has 0 aliphatic carbocycles. The molecule has 0 aliphatic heterocycles. The van der Waals surface area contributed by atoms with Crippen LogP contribution in [0.3, 0.4) is 0 Å². The summed E-state index contributed by atoms with van der Waals surface area (Å²) in [7, 11) is 0. The fourth-order valence-corrected chi connectivity index (χ4v) is 1.14. The van der Waals surface area contributed by atoms with E-state index in [2.05, 4.69) is 10.6 Å². The molecule has 1 amide bonds. The Balaban J connectivity index is 4.14. The highest BCUT2D eigenvalue weighted by molar-refractivity contribution is 6.00. The maximum Gasteiger partial charge on any atom is 0.332 e. The van der Waals surface area contributed by atoms with Crippen LogP contribution in [0.25, 0.3) is 0 Å². The van der Waals surface area contributed by atoms with E-state index in [-0.39, 0.29) is 0 Å². The van der Waals surface area contributed by atoms with Crippen molar-refractivity contribution in [1.29, 1.82) is 0 Å². The summed E-state index contributed by atoms with van der Waals surface area (Å²) in [5.41, 5.74) is -0.443. The molecule has 7 nitrogen and oxygen atoms in total. The number of carboxylic acids is 2. The quantitative estimate of drug-likeness (QED) is 0.330. The number of carboxylic acid groups (broad SMARTS) is 2. The first-order valence-corrected chi connectivity index (χ1v) is 5.61. The fraction of sp³-hybridized carbons (Fsp3) is 0.545. The summed E-state index contributed by atoms with van der Waals surface area (Å²) in [6.45, 7) is 3.79. The van der Waals surface area contributed by atoms with Gasteiger partial charge in [-0.05, 0) is 13.0 Å². The van der Waals surface area contributed by atoms with Crippen LogP contribution in [0.5, 0.6) is 0 Å². The van der Waals surface area contributed by atoms with Crippen LogP contribution in [0.4, 0.5) is 0 Å². The third-order valence-corrected chi connectivity index (χ3v) is 1.95. The summed E-state index contributed by atoms with van der Waals surface area (Å²) in [4.78, 5) is 32.3. The van der Waals surface area contributed by atoms with Crippen LogP contribution < -0.4 is 10.6 Å². The molecule has 0 rings (SSSR count). The van der Waals surface area contributed by atoms with Crippen LogP contribution in [-0.4, -0.2) is 47.7 Å². The van der Waals surface area contributed by atoms with Gasteiger partial charge in [-0.25, -0.2) is 4.79 Å². The van der Waals surface area contributed by atoms with E-state index in [1.807, 2.05) is 6.92 Å². The summed E-state index contributed by atoms with van der Waals surface area (Å²) < 4.78 is 0. The highest BCUT2D eigenvalue weighted by Crippen LogP contribution is 2.01. The minimum atomic E-state index is -1.41. The molecule has 0 aromatic rings. The lowest BCUT2D eigenvalue weighted by Crippen LogP contribution is -2.31. The highest BCUT2D eigenvalue weighted by Gasteiger charge is 2.13. The lowest BCUT2D eigenvalue weighted by atomic mass is 10.2. The van der Waals surface area contributed by atoms with E-state index in [1.165, 1.54) is 0 Å². The van der Waals surface area contributed by atoms with Crippen LogP contribution in [0, 0.1) is 0 Å². The molecule has 0 radical (unpaired) electrons. The molecule has 0 aromatic carbocycles. The lowest BCUT2D eigenvalue weighted by molar-refractivity contribution is -0.139. The Kier molecular flexibility index (Phi) is 8.21. The zero-order valence-electron chi connectivity index (χ0n) is 10.2. The van der Waals surface area contributed by atoms with Crippen LogP contribution in [-0.2, 0) is 14.4 Å². The highest BCUT2D eigenvalue weighted by atomic mass is 16.4. The number of carbonyl (C=O) groups excluding carboxylic acids is 1. The van der Waals surface area contributed by atoms with Gasteiger partial charge in [0.25, 0.3) is 0 Å². The van der Waals surface area contributed by atoms with E-state index in [0.29, 0.717) is 13.1 Å². The molecular weight excluding hydrogens is 240 g/mol. The van der Waals surface area contributed by atoms with Crippen molar-refractivity contribution in [3.63, 3.8) is 0 Å². The minimum Gasteiger partial charge on any atom is -0.481 e. The second-order valence-electron chi connectivity index (χ2n) is 3.59. The molecule has 0 unspecified atom stereocenters. The van der Waals surface area contributed by atoms with Crippen molar-refractivity contribution in [1.82, 2.24) is 10.6 Å². The van der Waals surface area contributed by atoms with Crippen molar-refractivity contribution in [3.05, 3.63) is 11.6 Å².